The number of esters is 1. The predicted octanol–water partition coefficient (Wildman–Crippen LogP) is 2.93. The van der Waals surface area contributed by atoms with Crippen LogP contribution in [0.25, 0.3) is 0 Å². The number of carbonyl (C=O) groups is 2. The standard InChI is InChI=1S/C13H16BrNO3S/c1-2-18-13(17)9-4-3-5-15(7-9)12(16)11-6-10(14)8-19-11/h6,8-9H,2-5,7H2,1H3/t9-/m0/s1. The lowest BCUT2D eigenvalue weighted by Gasteiger charge is -2.31. The summed E-state index contributed by atoms with van der Waals surface area (Å²) in [6, 6.07) is 1.82. The van der Waals surface area contributed by atoms with E-state index in [0.717, 1.165) is 17.3 Å². The Hall–Kier alpha value is -0.880. The molecule has 0 unspecified atom stereocenters. The van der Waals surface area contributed by atoms with Crippen LogP contribution in [0.15, 0.2) is 15.9 Å². The molecule has 0 bridgehead atoms. The van der Waals surface area contributed by atoms with Crippen molar-refractivity contribution in [2.24, 2.45) is 5.92 Å². The quantitative estimate of drug-likeness (QED) is 0.791. The maximum atomic E-state index is 12.3. The molecule has 0 N–H and O–H groups in total. The zero-order valence-corrected chi connectivity index (χ0v) is 13.1. The van der Waals surface area contributed by atoms with Gasteiger partial charge in [-0.2, -0.15) is 0 Å². The number of rotatable bonds is 3. The van der Waals surface area contributed by atoms with Crippen molar-refractivity contribution in [2.45, 2.75) is 19.8 Å². The summed E-state index contributed by atoms with van der Waals surface area (Å²) in [6.45, 7) is 3.37. The maximum Gasteiger partial charge on any atom is 0.310 e. The minimum Gasteiger partial charge on any atom is -0.466 e. The number of halogens is 1. The van der Waals surface area contributed by atoms with Crippen molar-refractivity contribution >= 4 is 39.1 Å². The van der Waals surface area contributed by atoms with Crippen LogP contribution in [0.3, 0.4) is 0 Å². The summed E-state index contributed by atoms with van der Waals surface area (Å²) >= 11 is 4.76. The zero-order chi connectivity index (χ0) is 13.8. The monoisotopic (exact) mass is 345 g/mol. The van der Waals surface area contributed by atoms with E-state index >= 15 is 0 Å². The van der Waals surface area contributed by atoms with E-state index in [4.69, 9.17) is 4.74 Å². The van der Waals surface area contributed by atoms with Gasteiger partial charge in [0.25, 0.3) is 5.91 Å². The third-order valence-electron chi connectivity index (χ3n) is 3.11. The molecule has 0 aromatic carbocycles. The van der Waals surface area contributed by atoms with Gasteiger partial charge >= 0.3 is 5.97 Å². The van der Waals surface area contributed by atoms with Gasteiger partial charge in [-0.3, -0.25) is 9.59 Å². The van der Waals surface area contributed by atoms with Crippen molar-refractivity contribution in [3.05, 3.63) is 20.8 Å². The minimum absolute atomic E-state index is 0.00435. The van der Waals surface area contributed by atoms with Gasteiger partial charge < -0.3 is 9.64 Å². The SMILES string of the molecule is CCOC(=O)[C@H]1CCCN(C(=O)c2cc(Br)cs2)C1. The number of ether oxygens (including phenoxy) is 1. The summed E-state index contributed by atoms with van der Waals surface area (Å²) in [5.74, 6) is -0.363. The summed E-state index contributed by atoms with van der Waals surface area (Å²) in [4.78, 5) is 26.5. The number of piperidine rings is 1. The molecular weight excluding hydrogens is 330 g/mol. The molecule has 1 aromatic heterocycles. The van der Waals surface area contributed by atoms with E-state index in [2.05, 4.69) is 15.9 Å². The second-order valence-electron chi connectivity index (χ2n) is 4.47. The molecule has 19 heavy (non-hydrogen) atoms. The largest absolute Gasteiger partial charge is 0.466 e. The van der Waals surface area contributed by atoms with E-state index in [1.54, 1.807) is 11.8 Å². The molecule has 0 saturated carbocycles. The Kier molecular flexibility index (Phi) is 4.99. The van der Waals surface area contributed by atoms with Crippen molar-refractivity contribution in [3.8, 4) is 0 Å². The number of hydrogen-bond donors (Lipinski definition) is 0. The van der Waals surface area contributed by atoms with Crippen LogP contribution in [0.1, 0.15) is 29.4 Å². The van der Waals surface area contributed by atoms with E-state index in [1.165, 1.54) is 11.3 Å². The van der Waals surface area contributed by atoms with Crippen molar-refractivity contribution < 1.29 is 14.3 Å². The number of likely N-dealkylation sites (tertiary alicyclic amines) is 1. The minimum atomic E-state index is -0.188. The Labute approximate surface area is 124 Å². The normalized spacial score (nSPS) is 19.3. The fourth-order valence-electron chi connectivity index (χ4n) is 2.20. The molecule has 1 aliphatic rings. The van der Waals surface area contributed by atoms with Crippen molar-refractivity contribution in [2.75, 3.05) is 19.7 Å². The van der Waals surface area contributed by atoms with Crippen molar-refractivity contribution in [3.63, 3.8) is 0 Å². The number of thiophene rings is 1. The first-order valence-electron chi connectivity index (χ1n) is 6.31. The molecule has 2 rings (SSSR count). The number of carbonyl (C=O) groups excluding carboxylic acids is 2. The van der Waals surface area contributed by atoms with Gasteiger partial charge in [-0.25, -0.2) is 0 Å². The third kappa shape index (κ3) is 3.57. The number of amides is 1. The third-order valence-corrected chi connectivity index (χ3v) is 4.79. The predicted molar refractivity (Wildman–Crippen MR) is 77.3 cm³/mol. The van der Waals surface area contributed by atoms with Gasteiger partial charge in [-0.1, -0.05) is 0 Å². The Bertz CT molecular complexity index is 474. The Morgan fingerprint density at radius 3 is 3.00 bits per heavy atom. The highest BCUT2D eigenvalue weighted by molar-refractivity contribution is 9.10. The van der Waals surface area contributed by atoms with Crippen LogP contribution in [0.2, 0.25) is 0 Å². The second kappa shape index (κ2) is 6.52. The first-order chi connectivity index (χ1) is 9.11. The Balaban J connectivity index is 2.01. The summed E-state index contributed by atoms with van der Waals surface area (Å²) < 4.78 is 5.95. The summed E-state index contributed by atoms with van der Waals surface area (Å²) in [7, 11) is 0. The summed E-state index contributed by atoms with van der Waals surface area (Å²) in [6.07, 6.45) is 1.65. The van der Waals surface area contributed by atoms with Gasteiger partial charge in [-0.15, -0.1) is 11.3 Å². The van der Waals surface area contributed by atoms with Crippen molar-refractivity contribution in [1.82, 2.24) is 4.90 Å². The molecule has 1 atom stereocenters. The van der Waals surface area contributed by atoms with Crippen LogP contribution in [0.4, 0.5) is 0 Å². The van der Waals surface area contributed by atoms with Crippen LogP contribution >= 0.6 is 27.3 Å². The Morgan fingerprint density at radius 1 is 1.58 bits per heavy atom. The molecule has 104 valence electrons. The molecular formula is C13H16BrNO3S. The van der Waals surface area contributed by atoms with Gasteiger partial charge in [0.15, 0.2) is 0 Å². The van der Waals surface area contributed by atoms with E-state index < -0.39 is 0 Å². The maximum absolute atomic E-state index is 12.3. The van der Waals surface area contributed by atoms with Gasteiger partial charge in [0, 0.05) is 22.9 Å². The van der Waals surface area contributed by atoms with Gasteiger partial charge in [0.2, 0.25) is 0 Å². The van der Waals surface area contributed by atoms with Crippen LogP contribution in [-0.4, -0.2) is 36.5 Å². The fourth-order valence-corrected chi connectivity index (χ4v) is 3.59. The smallest absolute Gasteiger partial charge is 0.310 e. The number of hydrogen-bond acceptors (Lipinski definition) is 4. The highest BCUT2D eigenvalue weighted by Crippen LogP contribution is 2.24. The van der Waals surface area contributed by atoms with E-state index in [9.17, 15) is 9.59 Å². The molecule has 4 nitrogen and oxygen atoms in total. The average molecular weight is 346 g/mol. The van der Waals surface area contributed by atoms with Crippen LogP contribution < -0.4 is 0 Å². The first-order valence-corrected chi connectivity index (χ1v) is 7.99. The van der Waals surface area contributed by atoms with Gasteiger partial charge in [0.05, 0.1) is 17.4 Å². The van der Waals surface area contributed by atoms with E-state index in [1.807, 2.05) is 11.4 Å². The molecule has 1 fully saturated rings. The number of nitrogens with zero attached hydrogens (tertiary/aromatic N) is 1. The average Bonchev–Trinajstić information content (AvgIpc) is 2.85. The summed E-state index contributed by atoms with van der Waals surface area (Å²) in [5, 5.41) is 1.89. The molecule has 2 heterocycles. The first kappa shape index (κ1) is 14.5. The zero-order valence-electron chi connectivity index (χ0n) is 10.7. The molecule has 1 saturated heterocycles. The lowest BCUT2D eigenvalue weighted by atomic mass is 9.98. The van der Waals surface area contributed by atoms with Gasteiger partial charge in [-0.05, 0) is 41.8 Å². The molecule has 0 aliphatic carbocycles. The van der Waals surface area contributed by atoms with Crippen molar-refractivity contribution in [1.29, 1.82) is 0 Å². The molecule has 1 aromatic rings. The molecule has 1 aliphatic heterocycles. The van der Waals surface area contributed by atoms with Gasteiger partial charge in [0.1, 0.15) is 0 Å². The van der Waals surface area contributed by atoms with E-state index in [-0.39, 0.29) is 17.8 Å². The lowest BCUT2D eigenvalue weighted by molar-refractivity contribution is -0.149. The van der Waals surface area contributed by atoms with Crippen LogP contribution in [-0.2, 0) is 9.53 Å². The lowest BCUT2D eigenvalue weighted by Crippen LogP contribution is -2.42. The topological polar surface area (TPSA) is 46.6 Å². The molecule has 0 radical (unpaired) electrons. The fraction of sp³-hybridized carbons (Fsp3) is 0.538. The highest BCUT2D eigenvalue weighted by atomic mass is 79.9. The Morgan fingerprint density at radius 2 is 2.37 bits per heavy atom. The molecule has 0 spiro atoms. The second-order valence-corrected chi connectivity index (χ2v) is 6.30. The van der Waals surface area contributed by atoms with Crippen LogP contribution in [0, 0.1) is 5.92 Å². The summed E-state index contributed by atoms with van der Waals surface area (Å²) in [5.41, 5.74) is 0. The van der Waals surface area contributed by atoms with Crippen LogP contribution in [0.5, 0.6) is 0 Å². The highest BCUT2D eigenvalue weighted by Gasteiger charge is 2.30. The van der Waals surface area contributed by atoms with E-state index in [0.29, 0.717) is 24.6 Å². The molecule has 6 heteroatoms. The molecule has 1 amide bonds.